The first kappa shape index (κ1) is 11.6. The number of hydrogen-bond donors (Lipinski definition) is 2. The summed E-state index contributed by atoms with van der Waals surface area (Å²) in [7, 11) is 0. The van der Waals surface area contributed by atoms with Gasteiger partial charge in [-0.15, -0.1) is 0 Å². The molecular weight excluding hydrogens is 196 g/mol. The maximum atomic E-state index is 6.13. The predicted molar refractivity (Wildman–Crippen MR) is 68.3 cm³/mol. The van der Waals surface area contributed by atoms with Gasteiger partial charge in [0.05, 0.1) is 0 Å². The molecule has 1 aliphatic carbocycles. The van der Waals surface area contributed by atoms with Gasteiger partial charge in [0.25, 0.3) is 0 Å². The number of nitrogens with two attached hydrogens (primary N) is 1. The summed E-state index contributed by atoms with van der Waals surface area (Å²) in [6.07, 6.45) is 2.72. The van der Waals surface area contributed by atoms with Crippen LogP contribution in [0.2, 0.25) is 0 Å². The Morgan fingerprint density at radius 3 is 2.50 bits per heavy atom. The lowest BCUT2D eigenvalue weighted by Crippen LogP contribution is -2.30. The Bertz CT molecular complexity index is 338. The lowest BCUT2D eigenvalue weighted by molar-refractivity contribution is 0.480. The first-order valence-corrected chi connectivity index (χ1v) is 6.12. The molecule has 0 aliphatic heterocycles. The number of benzene rings is 1. The van der Waals surface area contributed by atoms with Crippen LogP contribution in [0, 0.1) is 12.3 Å². The van der Waals surface area contributed by atoms with Crippen molar-refractivity contribution in [2.75, 3.05) is 13.1 Å². The van der Waals surface area contributed by atoms with Crippen LogP contribution in [0.5, 0.6) is 0 Å². The Hall–Kier alpha value is -0.860. The lowest BCUT2D eigenvalue weighted by Gasteiger charge is -2.15. The van der Waals surface area contributed by atoms with Gasteiger partial charge < -0.3 is 11.1 Å². The molecule has 0 aromatic heterocycles. The topological polar surface area (TPSA) is 38.0 Å². The van der Waals surface area contributed by atoms with Crippen LogP contribution in [-0.2, 0) is 0 Å². The Labute approximate surface area is 98.2 Å². The normalized spacial score (nSPS) is 19.4. The molecule has 0 radical (unpaired) electrons. The average molecular weight is 218 g/mol. The zero-order valence-electron chi connectivity index (χ0n) is 10.3. The van der Waals surface area contributed by atoms with E-state index in [0.717, 1.165) is 13.1 Å². The van der Waals surface area contributed by atoms with Crippen molar-refractivity contribution in [2.45, 2.75) is 32.7 Å². The van der Waals surface area contributed by atoms with E-state index in [4.69, 9.17) is 5.73 Å². The summed E-state index contributed by atoms with van der Waals surface area (Å²) in [6, 6.07) is 8.61. The fraction of sp³-hybridized carbons (Fsp3) is 0.571. The molecule has 1 fully saturated rings. The van der Waals surface area contributed by atoms with Crippen LogP contribution in [0.3, 0.4) is 0 Å². The zero-order valence-corrected chi connectivity index (χ0v) is 10.3. The van der Waals surface area contributed by atoms with Crippen molar-refractivity contribution in [1.82, 2.24) is 5.32 Å². The van der Waals surface area contributed by atoms with Gasteiger partial charge in [0, 0.05) is 19.1 Å². The van der Waals surface area contributed by atoms with E-state index in [-0.39, 0.29) is 6.04 Å². The van der Waals surface area contributed by atoms with E-state index in [0.29, 0.717) is 5.41 Å². The molecule has 1 aromatic rings. The van der Waals surface area contributed by atoms with Crippen molar-refractivity contribution in [1.29, 1.82) is 0 Å². The third-order valence-electron chi connectivity index (χ3n) is 3.53. The summed E-state index contributed by atoms with van der Waals surface area (Å²) in [5.41, 5.74) is 9.20. The molecule has 1 atom stereocenters. The highest BCUT2D eigenvalue weighted by atomic mass is 14.9. The first-order valence-electron chi connectivity index (χ1n) is 6.12. The quantitative estimate of drug-likeness (QED) is 0.796. The standard InChI is InChI=1S/C14H22N2/c1-11-3-5-12(6-4-11)13(15)9-16-10-14(2)7-8-14/h3-6,13,16H,7-10,15H2,1-2H3. The molecule has 2 rings (SSSR count). The second kappa shape index (κ2) is 4.56. The maximum absolute atomic E-state index is 6.13. The largest absolute Gasteiger partial charge is 0.323 e. The molecule has 2 nitrogen and oxygen atoms in total. The Kier molecular flexibility index (Phi) is 3.31. The zero-order chi connectivity index (χ0) is 11.6. The van der Waals surface area contributed by atoms with Crippen LogP contribution in [0.25, 0.3) is 0 Å². The molecule has 2 heteroatoms. The molecule has 88 valence electrons. The summed E-state index contributed by atoms with van der Waals surface area (Å²) in [5, 5.41) is 3.48. The van der Waals surface area contributed by atoms with Gasteiger partial charge in [0.1, 0.15) is 0 Å². The highest BCUT2D eigenvalue weighted by molar-refractivity contribution is 5.24. The van der Waals surface area contributed by atoms with Gasteiger partial charge in [0.15, 0.2) is 0 Å². The van der Waals surface area contributed by atoms with Crippen molar-refractivity contribution in [3.63, 3.8) is 0 Å². The van der Waals surface area contributed by atoms with Crippen LogP contribution in [0.1, 0.15) is 36.9 Å². The Morgan fingerprint density at radius 2 is 1.94 bits per heavy atom. The SMILES string of the molecule is Cc1ccc(C(N)CNCC2(C)CC2)cc1. The van der Waals surface area contributed by atoms with Gasteiger partial charge in [-0.1, -0.05) is 36.8 Å². The number of nitrogens with one attached hydrogen (secondary N) is 1. The molecule has 1 aliphatic rings. The molecule has 16 heavy (non-hydrogen) atoms. The van der Waals surface area contributed by atoms with Gasteiger partial charge in [0.2, 0.25) is 0 Å². The molecule has 0 heterocycles. The number of aryl methyl sites for hydroxylation is 1. The summed E-state index contributed by atoms with van der Waals surface area (Å²) >= 11 is 0. The van der Waals surface area contributed by atoms with E-state index in [2.05, 4.69) is 43.4 Å². The molecule has 1 unspecified atom stereocenters. The molecule has 1 aromatic carbocycles. The third kappa shape index (κ3) is 3.06. The Balaban J connectivity index is 1.78. The van der Waals surface area contributed by atoms with Gasteiger partial charge >= 0.3 is 0 Å². The van der Waals surface area contributed by atoms with E-state index >= 15 is 0 Å². The lowest BCUT2D eigenvalue weighted by atomic mass is 10.1. The minimum absolute atomic E-state index is 0.114. The van der Waals surface area contributed by atoms with E-state index in [9.17, 15) is 0 Å². The molecule has 0 bridgehead atoms. The summed E-state index contributed by atoms with van der Waals surface area (Å²) < 4.78 is 0. The van der Waals surface area contributed by atoms with Crippen LogP contribution >= 0.6 is 0 Å². The number of hydrogen-bond acceptors (Lipinski definition) is 2. The second-order valence-corrected chi connectivity index (χ2v) is 5.46. The summed E-state index contributed by atoms with van der Waals surface area (Å²) in [6.45, 7) is 6.41. The first-order chi connectivity index (χ1) is 7.59. The molecule has 0 saturated heterocycles. The fourth-order valence-corrected chi connectivity index (χ4v) is 1.85. The van der Waals surface area contributed by atoms with Crippen molar-refractivity contribution < 1.29 is 0 Å². The van der Waals surface area contributed by atoms with E-state index in [1.807, 2.05) is 0 Å². The van der Waals surface area contributed by atoms with Crippen LogP contribution in [0.4, 0.5) is 0 Å². The number of rotatable bonds is 5. The van der Waals surface area contributed by atoms with E-state index in [1.165, 1.54) is 24.0 Å². The minimum atomic E-state index is 0.114. The van der Waals surface area contributed by atoms with Crippen molar-refractivity contribution in [2.24, 2.45) is 11.1 Å². The molecule has 0 amide bonds. The van der Waals surface area contributed by atoms with Crippen molar-refractivity contribution in [3.05, 3.63) is 35.4 Å². The smallest absolute Gasteiger partial charge is 0.0421 e. The van der Waals surface area contributed by atoms with Gasteiger partial charge in [-0.2, -0.15) is 0 Å². The Morgan fingerprint density at radius 1 is 1.31 bits per heavy atom. The summed E-state index contributed by atoms with van der Waals surface area (Å²) in [5.74, 6) is 0. The minimum Gasteiger partial charge on any atom is -0.323 e. The van der Waals surface area contributed by atoms with Crippen LogP contribution in [-0.4, -0.2) is 13.1 Å². The average Bonchev–Trinajstić information content (AvgIpc) is 2.97. The van der Waals surface area contributed by atoms with Gasteiger partial charge in [-0.05, 0) is 30.7 Å². The summed E-state index contributed by atoms with van der Waals surface area (Å²) in [4.78, 5) is 0. The predicted octanol–water partition coefficient (Wildman–Crippen LogP) is 2.38. The van der Waals surface area contributed by atoms with Crippen LogP contribution in [0.15, 0.2) is 24.3 Å². The monoisotopic (exact) mass is 218 g/mol. The highest BCUT2D eigenvalue weighted by Crippen LogP contribution is 2.44. The van der Waals surface area contributed by atoms with Crippen LogP contribution < -0.4 is 11.1 Å². The molecule has 0 spiro atoms. The fourth-order valence-electron chi connectivity index (χ4n) is 1.85. The second-order valence-electron chi connectivity index (χ2n) is 5.46. The molecule has 3 N–H and O–H groups in total. The molecule has 1 saturated carbocycles. The van der Waals surface area contributed by atoms with Crippen molar-refractivity contribution in [3.8, 4) is 0 Å². The highest BCUT2D eigenvalue weighted by Gasteiger charge is 2.36. The van der Waals surface area contributed by atoms with Crippen molar-refractivity contribution >= 4 is 0 Å². The van der Waals surface area contributed by atoms with Gasteiger partial charge in [-0.25, -0.2) is 0 Å². The van der Waals surface area contributed by atoms with Gasteiger partial charge in [-0.3, -0.25) is 0 Å². The van der Waals surface area contributed by atoms with E-state index < -0.39 is 0 Å². The maximum Gasteiger partial charge on any atom is 0.0421 e. The third-order valence-corrected chi connectivity index (χ3v) is 3.53. The molecular formula is C14H22N2. The van der Waals surface area contributed by atoms with E-state index in [1.54, 1.807) is 0 Å².